The first-order chi connectivity index (χ1) is 17.1. The van der Waals surface area contributed by atoms with Crippen LogP contribution in [0, 0.1) is 6.92 Å². The van der Waals surface area contributed by atoms with Crippen LogP contribution in [0.2, 0.25) is 0 Å². The highest BCUT2D eigenvalue weighted by atomic mass is 32.2. The average molecular weight is 485 g/mol. The van der Waals surface area contributed by atoms with Gasteiger partial charge in [-0.15, -0.1) is 0 Å². The Morgan fingerprint density at radius 2 is 1.46 bits per heavy atom. The molecule has 0 saturated heterocycles. The van der Waals surface area contributed by atoms with Gasteiger partial charge in [0.25, 0.3) is 11.8 Å². The Bertz CT molecular complexity index is 1230. The number of imide groups is 1. The first kappa shape index (κ1) is 23.2. The Balaban J connectivity index is 1.40. The molecule has 1 saturated carbocycles. The monoisotopic (exact) mass is 484 g/mol. The predicted octanol–water partition coefficient (Wildman–Crippen LogP) is 6.59. The van der Waals surface area contributed by atoms with Gasteiger partial charge in [-0.05, 0) is 68.3 Å². The van der Waals surface area contributed by atoms with Crippen molar-refractivity contribution in [2.75, 3.05) is 4.90 Å². The summed E-state index contributed by atoms with van der Waals surface area (Å²) >= 11 is 1.35. The van der Waals surface area contributed by atoms with Crippen molar-refractivity contribution >= 4 is 29.3 Å². The third kappa shape index (κ3) is 5.28. The molecule has 0 radical (unpaired) electrons. The quantitative estimate of drug-likeness (QED) is 0.384. The smallest absolute Gasteiger partial charge is 0.282 e. The lowest BCUT2D eigenvalue weighted by Gasteiger charge is -2.24. The van der Waals surface area contributed by atoms with Gasteiger partial charge >= 0.3 is 0 Å². The number of nitrogens with one attached hydrogen (secondary N) is 1. The number of para-hydroxylation sites is 1. The Morgan fingerprint density at radius 3 is 2.14 bits per heavy atom. The van der Waals surface area contributed by atoms with Crippen LogP contribution in [0.25, 0.3) is 0 Å². The summed E-state index contributed by atoms with van der Waals surface area (Å²) in [7, 11) is 0. The van der Waals surface area contributed by atoms with Gasteiger partial charge in [-0.1, -0.05) is 66.9 Å². The Hall–Kier alpha value is -3.51. The van der Waals surface area contributed by atoms with Crippen molar-refractivity contribution in [1.82, 2.24) is 5.32 Å². The van der Waals surface area contributed by atoms with Crippen LogP contribution in [0.3, 0.4) is 0 Å². The number of anilines is 1. The maximum absolute atomic E-state index is 13.6. The number of carbonyl (C=O) groups is 2. The molecule has 2 aliphatic rings. The summed E-state index contributed by atoms with van der Waals surface area (Å²) in [5.74, 6) is 0.773. The number of aryl methyl sites for hydroxylation is 1. The van der Waals surface area contributed by atoms with Gasteiger partial charge < -0.3 is 10.1 Å². The molecule has 3 aromatic rings. The Labute approximate surface area is 210 Å². The molecule has 178 valence electrons. The van der Waals surface area contributed by atoms with Gasteiger partial charge in [-0.3, -0.25) is 9.59 Å². The minimum absolute atomic E-state index is 0.214. The van der Waals surface area contributed by atoms with Gasteiger partial charge in [0.05, 0.1) is 5.69 Å². The van der Waals surface area contributed by atoms with Gasteiger partial charge in [-0.2, -0.15) is 0 Å². The summed E-state index contributed by atoms with van der Waals surface area (Å²) in [4.78, 5) is 29.8. The molecule has 35 heavy (non-hydrogen) atoms. The van der Waals surface area contributed by atoms with Crippen LogP contribution in [0.5, 0.6) is 11.5 Å². The summed E-state index contributed by atoms with van der Waals surface area (Å²) < 4.78 is 5.87. The number of hydrogen-bond acceptors (Lipinski definition) is 5. The molecule has 0 bridgehead atoms. The van der Waals surface area contributed by atoms with Crippen molar-refractivity contribution in [1.29, 1.82) is 0 Å². The maximum Gasteiger partial charge on any atom is 0.282 e. The fraction of sp³-hybridized carbons (Fsp3) is 0.241. The van der Waals surface area contributed by atoms with E-state index in [2.05, 4.69) is 5.32 Å². The lowest BCUT2D eigenvalue weighted by atomic mass is 9.95. The van der Waals surface area contributed by atoms with E-state index in [0.29, 0.717) is 22.0 Å². The average Bonchev–Trinajstić information content (AvgIpc) is 3.11. The van der Waals surface area contributed by atoms with E-state index in [1.165, 1.54) is 23.1 Å². The fourth-order valence-corrected chi connectivity index (χ4v) is 5.36. The van der Waals surface area contributed by atoms with Crippen molar-refractivity contribution in [3.05, 3.63) is 95.0 Å². The second-order valence-corrected chi connectivity index (χ2v) is 10.0. The van der Waals surface area contributed by atoms with Crippen molar-refractivity contribution in [3.8, 4) is 11.5 Å². The number of hydrogen-bond donors (Lipinski definition) is 1. The topological polar surface area (TPSA) is 58.6 Å². The number of rotatable bonds is 7. The zero-order valence-corrected chi connectivity index (χ0v) is 20.5. The van der Waals surface area contributed by atoms with Crippen LogP contribution >= 0.6 is 11.8 Å². The van der Waals surface area contributed by atoms with Crippen LogP contribution in [-0.4, -0.2) is 17.9 Å². The highest BCUT2D eigenvalue weighted by Crippen LogP contribution is 2.38. The third-order valence-corrected chi connectivity index (χ3v) is 7.40. The highest BCUT2D eigenvalue weighted by Gasteiger charge is 2.41. The number of carbonyl (C=O) groups excluding carboxylic acids is 2. The molecule has 5 rings (SSSR count). The minimum Gasteiger partial charge on any atom is -0.457 e. The first-order valence-electron chi connectivity index (χ1n) is 12.1. The van der Waals surface area contributed by atoms with E-state index in [4.69, 9.17) is 4.74 Å². The summed E-state index contributed by atoms with van der Waals surface area (Å²) in [5, 5.41) is 3.45. The summed E-state index contributed by atoms with van der Waals surface area (Å²) in [6.07, 6.45) is 5.52. The molecule has 1 N–H and O–H groups in total. The zero-order valence-electron chi connectivity index (χ0n) is 19.7. The van der Waals surface area contributed by atoms with E-state index in [9.17, 15) is 9.59 Å². The van der Waals surface area contributed by atoms with E-state index in [1.807, 2.05) is 61.5 Å². The molecule has 1 aliphatic heterocycles. The third-order valence-electron chi connectivity index (χ3n) is 6.31. The molecular formula is C29H28N2O3S. The summed E-state index contributed by atoms with van der Waals surface area (Å²) in [6.45, 7) is 2.03. The molecule has 1 fully saturated rings. The molecular weight excluding hydrogens is 456 g/mol. The predicted molar refractivity (Wildman–Crippen MR) is 140 cm³/mol. The van der Waals surface area contributed by atoms with E-state index >= 15 is 0 Å². The summed E-state index contributed by atoms with van der Waals surface area (Å²) in [5.41, 5.74) is 2.09. The van der Waals surface area contributed by atoms with Gasteiger partial charge in [0.1, 0.15) is 22.1 Å². The second-order valence-electron chi connectivity index (χ2n) is 8.95. The van der Waals surface area contributed by atoms with Crippen LogP contribution in [-0.2, 0) is 9.59 Å². The molecule has 0 unspecified atom stereocenters. The zero-order chi connectivity index (χ0) is 24.2. The number of ether oxygens (including phenoxy) is 1. The Kier molecular flexibility index (Phi) is 6.91. The van der Waals surface area contributed by atoms with Crippen LogP contribution < -0.4 is 15.0 Å². The molecule has 0 atom stereocenters. The SMILES string of the molecule is Cc1ccc(SC2=C(NC3CCCCC3)C(=O)N(c3ccc(Oc4ccccc4)cc3)C2=O)cc1. The molecule has 0 aromatic heterocycles. The molecule has 1 heterocycles. The van der Waals surface area contributed by atoms with Crippen molar-refractivity contribution < 1.29 is 14.3 Å². The molecule has 0 spiro atoms. The number of thioether (sulfide) groups is 1. The minimum atomic E-state index is -0.299. The maximum atomic E-state index is 13.6. The molecule has 3 aromatic carbocycles. The molecule has 6 heteroatoms. The first-order valence-corrected chi connectivity index (χ1v) is 12.9. The molecule has 2 amide bonds. The van der Waals surface area contributed by atoms with Crippen molar-refractivity contribution in [2.24, 2.45) is 0 Å². The van der Waals surface area contributed by atoms with Gasteiger partial charge in [-0.25, -0.2) is 4.90 Å². The van der Waals surface area contributed by atoms with Gasteiger partial charge in [0.2, 0.25) is 0 Å². The van der Waals surface area contributed by atoms with Crippen LogP contribution in [0.15, 0.2) is 94.4 Å². The Morgan fingerprint density at radius 1 is 0.800 bits per heavy atom. The van der Waals surface area contributed by atoms with E-state index in [-0.39, 0.29) is 17.9 Å². The summed E-state index contributed by atoms with van der Waals surface area (Å²) in [6, 6.07) is 24.8. The van der Waals surface area contributed by atoms with Crippen LogP contribution in [0.1, 0.15) is 37.7 Å². The van der Waals surface area contributed by atoms with E-state index in [0.717, 1.165) is 41.9 Å². The number of benzene rings is 3. The van der Waals surface area contributed by atoms with E-state index in [1.54, 1.807) is 24.3 Å². The lowest BCUT2D eigenvalue weighted by Crippen LogP contribution is -2.37. The molecule has 5 nitrogen and oxygen atoms in total. The fourth-order valence-electron chi connectivity index (χ4n) is 4.43. The second kappa shape index (κ2) is 10.4. The highest BCUT2D eigenvalue weighted by molar-refractivity contribution is 8.04. The molecule has 1 aliphatic carbocycles. The van der Waals surface area contributed by atoms with Gasteiger partial charge in [0.15, 0.2) is 0 Å². The number of nitrogens with zero attached hydrogens (tertiary/aromatic N) is 1. The largest absolute Gasteiger partial charge is 0.457 e. The van der Waals surface area contributed by atoms with Crippen LogP contribution in [0.4, 0.5) is 5.69 Å². The number of amides is 2. The standard InChI is InChI=1S/C29H28N2O3S/c1-20-12-18-25(19-13-20)35-27-26(30-21-8-4-2-5-9-21)28(32)31(29(27)33)22-14-16-24(17-15-22)34-23-10-6-3-7-11-23/h3,6-7,10-19,21,30H,2,4-5,8-9H2,1H3. The van der Waals surface area contributed by atoms with Crippen molar-refractivity contribution in [3.63, 3.8) is 0 Å². The normalized spacial score (nSPS) is 16.7. The lowest BCUT2D eigenvalue weighted by molar-refractivity contribution is -0.120. The van der Waals surface area contributed by atoms with Gasteiger partial charge in [0, 0.05) is 10.9 Å². The van der Waals surface area contributed by atoms with E-state index < -0.39 is 0 Å². The van der Waals surface area contributed by atoms with Crippen molar-refractivity contribution in [2.45, 2.75) is 50.0 Å².